The van der Waals surface area contributed by atoms with Gasteiger partial charge in [-0.1, -0.05) is 12.1 Å². The molecule has 0 saturated heterocycles. The van der Waals surface area contributed by atoms with Crippen molar-refractivity contribution in [2.75, 3.05) is 7.11 Å². The van der Waals surface area contributed by atoms with Crippen LogP contribution in [0.25, 0.3) is 0 Å². The Labute approximate surface area is 115 Å². The van der Waals surface area contributed by atoms with Gasteiger partial charge in [0.1, 0.15) is 11.5 Å². The molecule has 2 rings (SSSR count). The van der Waals surface area contributed by atoms with Gasteiger partial charge >= 0.3 is 5.97 Å². The molecule has 1 aromatic heterocycles. The predicted molar refractivity (Wildman–Crippen MR) is 72.5 cm³/mol. The molecule has 1 aromatic carbocycles. The van der Waals surface area contributed by atoms with Gasteiger partial charge in [-0.2, -0.15) is 0 Å². The van der Waals surface area contributed by atoms with E-state index in [-0.39, 0.29) is 11.5 Å². The number of rotatable bonds is 4. The summed E-state index contributed by atoms with van der Waals surface area (Å²) in [5, 5.41) is 9.65. The molecular formula is C14H14O4S. The topological polar surface area (TPSA) is 59.7 Å². The van der Waals surface area contributed by atoms with Crippen LogP contribution in [0.1, 0.15) is 21.9 Å². The van der Waals surface area contributed by atoms with Gasteiger partial charge in [-0.05, 0) is 25.1 Å². The highest BCUT2D eigenvalue weighted by atomic mass is 32.2. The first-order valence-corrected chi connectivity index (χ1v) is 6.69. The Morgan fingerprint density at radius 3 is 2.84 bits per heavy atom. The lowest BCUT2D eigenvalue weighted by Crippen LogP contribution is -2.00. The molecule has 1 N–H and O–H groups in total. The van der Waals surface area contributed by atoms with E-state index >= 15 is 0 Å². The number of hydrogen-bond donors (Lipinski definition) is 1. The average molecular weight is 278 g/mol. The van der Waals surface area contributed by atoms with E-state index in [0.717, 1.165) is 10.5 Å². The van der Waals surface area contributed by atoms with Crippen molar-refractivity contribution < 1.29 is 19.1 Å². The summed E-state index contributed by atoms with van der Waals surface area (Å²) in [4.78, 5) is 12.2. The van der Waals surface area contributed by atoms with Gasteiger partial charge in [0.05, 0.1) is 12.9 Å². The summed E-state index contributed by atoms with van der Waals surface area (Å²) in [7, 11) is 1.32. The van der Waals surface area contributed by atoms with E-state index in [1.54, 1.807) is 25.1 Å². The van der Waals surface area contributed by atoms with Crippen LogP contribution in [-0.2, 0) is 10.5 Å². The summed E-state index contributed by atoms with van der Waals surface area (Å²) in [5.41, 5.74) is 0.750. The van der Waals surface area contributed by atoms with Crippen LogP contribution in [0, 0.1) is 6.92 Å². The Kier molecular flexibility index (Phi) is 4.16. The van der Waals surface area contributed by atoms with Crippen molar-refractivity contribution in [2.24, 2.45) is 0 Å². The van der Waals surface area contributed by atoms with E-state index < -0.39 is 5.97 Å². The fourth-order valence-corrected chi connectivity index (χ4v) is 2.47. The van der Waals surface area contributed by atoms with E-state index in [1.807, 2.05) is 12.1 Å². The van der Waals surface area contributed by atoms with Crippen LogP contribution in [0.15, 0.2) is 39.6 Å². The van der Waals surface area contributed by atoms with Crippen LogP contribution in [0.5, 0.6) is 5.75 Å². The van der Waals surface area contributed by atoms with Crippen molar-refractivity contribution in [3.63, 3.8) is 0 Å². The number of ether oxygens (including phenoxy) is 1. The quantitative estimate of drug-likeness (QED) is 0.686. The first-order valence-electron chi connectivity index (χ1n) is 5.70. The molecule has 0 radical (unpaired) electrons. The highest BCUT2D eigenvalue weighted by Gasteiger charge is 2.16. The van der Waals surface area contributed by atoms with Crippen molar-refractivity contribution in [3.8, 4) is 5.75 Å². The number of thioether (sulfide) groups is 1. The molecule has 0 aliphatic heterocycles. The number of phenolic OH excluding ortho intramolecular Hbond substituents is 1. The van der Waals surface area contributed by atoms with E-state index in [2.05, 4.69) is 4.74 Å². The number of methoxy groups -OCH3 is 1. The summed E-state index contributed by atoms with van der Waals surface area (Å²) in [6.45, 7) is 1.80. The smallest absolute Gasteiger partial charge is 0.374 e. The van der Waals surface area contributed by atoms with Crippen LogP contribution in [0.3, 0.4) is 0 Å². The highest BCUT2D eigenvalue weighted by Crippen LogP contribution is 2.31. The largest absolute Gasteiger partial charge is 0.507 e. The second-order valence-electron chi connectivity index (χ2n) is 3.97. The molecule has 0 atom stereocenters. The molecule has 2 aromatic rings. The average Bonchev–Trinajstić information content (AvgIpc) is 2.78. The van der Waals surface area contributed by atoms with E-state index in [4.69, 9.17) is 4.42 Å². The second kappa shape index (κ2) is 5.84. The fourth-order valence-electron chi connectivity index (χ4n) is 1.64. The number of esters is 1. The van der Waals surface area contributed by atoms with Crippen molar-refractivity contribution in [2.45, 2.75) is 17.6 Å². The van der Waals surface area contributed by atoms with Crippen molar-refractivity contribution >= 4 is 17.7 Å². The van der Waals surface area contributed by atoms with Crippen LogP contribution < -0.4 is 0 Å². The number of carbonyl (C=O) groups excluding carboxylic acids is 1. The maximum atomic E-state index is 11.4. The second-order valence-corrected chi connectivity index (χ2v) is 4.99. The van der Waals surface area contributed by atoms with Crippen LogP contribution >= 0.6 is 11.8 Å². The van der Waals surface area contributed by atoms with E-state index in [0.29, 0.717) is 11.5 Å². The van der Waals surface area contributed by atoms with Crippen molar-refractivity contribution in [1.29, 1.82) is 0 Å². The van der Waals surface area contributed by atoms with Crippen molar-refractivity contribution in [3.05, 3.63) is 47.4 Å². The number of aryl methyl sites for hydroxylation is 1. The van der Waals surface area contributed by atoms with Crippen molar-refractivity contribution in [1.82, 2.24) is 0 Å². The van der Waals surface area contributed by atoms with E-state index in [9.17, 15) is 9.90 Å². The molecule has 19 heavy (non-hydrogen) atoms. The fraction of sp³-hybridized carbons (Fsp3) is 0.214. The molecule has 0 amide bonds. The summed E-state index contributed by atoms with van der Waals surface area (Å²) in [6.07, 6.45) is 0. The number of phenols is 1. The summed E-state index contributed by atoms with van der Waals surface area (Å²) < 4.78 is 10.1. The van der Waals surface area contributed by atoms with Gasteiger partial charge in [-0.25, -0.2) is 4.79 Å². The highest BCUT2D eigenvalue weighted by molar-refractivity contribution is 7.98. The molecule has 0 spiro atoms. The molecule has 0 fully saturated rings. The maximum Gasteiger partial charge on any atom is 0.374 e. The SMILES string of the molecule is COC(=O)c1oc(CSc2ccccc2O)cc1C. The zero-order chi connectivity index (χ0) is 13.8. The minimum atomic E-state index is -0.476. The third-order valence-electron chi connectivity index (χ3n) is 2.57. The monoisotopic (exact) mass is 278 g/mol. The Hall–Kier alpha value is -1.88. The molecule has 4 nitrogen and oxygen atoms in total. The van der Waals surface area contributed by atoms with Gasteiger partial charge in [0.25, 0.3) is 0 Å². The Bertz CT molecular complexity index is 589. The Balaban J connectivity index is 2.09. The standard InChI is InChI=1S/C14H14O4S/c1-9-7-10(18-13(9)14(16)17-2)8-19-12-6-4-3-5-11(12)15/h3-7,15H,8H2,1-2H3. The number of furan rings is 1. The zero-order valence-electron chi connectivity index (χ0n) is 10.7. The van der Waals surface area contributed by atoms with Crippen LogP contribution in [0.4, 0.5) is 0 Å². The number of para-hydroxylation sites is 1. The summed E-state index contributed by atoms with van der Waals surface area (Å²) >= 11 is 1.45. The Morgan fingerprint density at radius 2 is 2.16 bits per heavy atom. The molecule has 5 heteroatoms. The minimum Gasteiger partial charge on any atom is -0.507 e. The van der Waals surface area contributed by atoms with Gasteiger partial charge < -0.3 is 14.3 Å². The third-order valence-corrected chi connectivity index (χ3v) is 3.66. The number of aromatic hydroxyl groups is 1. The first kappa shape index (κ1) is 13.5. The molecule has 1 heterocycles. The lowest BCUT2D eigenvalue weighted by molar-refractivity contribution is 0.0562. The van der Waals surface area contributed by atoms with E-state index in [1.165, 1.54) is 18.9 Å². The van der Waals surface area contributed by atoms with Crippen LogP contribution in [0.2, 0.25) is 0 Å². The normalized spacial score (nSPS) is 10.4. The number of hydrogen-bond acceptors (Lipinski definition) is 5. The lowest BCUT2D eigenvalue weighted by Gasteiger charge is -2.01. The van der Waals surface area contributed by atoms with Gasteiger partial charge in [-0.3, -0.25) is 0 Å². The molecular weight excluding hydrogens is 264 g/mol. The molecule has 100 valence electrons. The summed E-state index contributed by atoms with van der Waals surface area (Å²) in [5.74, 6) is 1.21. The number of benzene rings is 1. The minimum absolute atomic E-state index is 0.232. The zero-order valence-corrected chi connectivity index (χ0v) is 11.5. The van der Waals surface area contributed by atoms with Gasteiger partial charge in [-0.15, -0.1) is 11.8 Å². The predicted octanol–water partition coefficient (Wildman–Crippen LogP) is 3.37. The Morgan fingerprint density at radius 1 is 1.42 bits per heavy atom. The lowest BCUT2D eigenvalue weighted by atomic mass is 10.3. The number of carbonyl (C=O) groups is 1. The molecule has 0 saturated carbocycles. The first-order chi connectivity index (χ1) is 9.11. The molecule has 0 bridgehead atoms. The van der Waals surface area contributed by atoms with Gasteiger partial charge in [0, 0.05) is 10.5 Å². The maximum absolute atomic E-state index is 11.4. The molecule has 0 unspecified atom stereocenters. The molecule has 0 aliphatic rings. The third kappa shape index (κ3) is 3.12. The molecule has 0 aliphatic carbocycles. The van der Waals surface area contributed by atoms with Gasteiger partial charge in [0.2, 0.25) is 5.76 Å². The van der Waals surface area contributed by atoms with Crippen LogP contribution in [-0.4, -0.2) is 18.2 Å². The summed E-state index contributed by atoms with van der Waals surface area (Å²) in [6, 6.07) is 8.90. The van der Waals surface area contributed by atoms with Gasteiger partial charge in [0.15, 0.2) is 0 Å².